The maximum atomic E-state index is 13.3. The fraction of sp³-hybridized carbons (Fsp3) is 0.190. The Morgan fingerprint density at radius 3 is 2.58 bits per heavy atom. The molecule has 3 heterocycles. The number of alkyl halides is 2. The number of ether oxygens (including phenoxy) is 1. The molecule has 1 amide bonds. The van der Waals surface area contributed by atoms with Crippen molar-refractivity contribution in [3.05, 3.63) is 70.0 Å². The second-order valence-corrected chi connectivity index (χ2v) is 7.40. The molecule has 0 radical (unpaired) electrons. The smallest absolute Gasteiger partial charge is 0.281 e. The quantitative estimate of drug-likeness (QED) is 0.416. The lowest BCUT2D eigenvalue weighted by molar-refractivity contribution is 0.100. The number of pyridine rings is 3. The summed E-state index contributed by atoms with van der Waals surface area (Å²) >= 11 is 1.07. The van der Waals surface area contributed by atoms with Crippen molar-refractivity contribution in [2.45, 2.75) is 13.3 Å². The summed E-state index contributed by atoms with van der Waals surface area (Å²) in [6.07, 6.45) is 2.70. The first kappa shape index (κ1) is 25.6. The number of hydrogen-bond donors (Lipinski definition) is 2. The van der Waals surface area contributed by atoms with Crippen LogP contribution in [0.25, 0.3) is 16.9 Å². The molecule has 12 heteroatoms. The molecule has 3 aromatic rings. The number of hydrogen-bond acceptors (Lipinski definition) is 7. The predicted molar refractivity (Wildman–Crippen MR) is 126 cm³/mol. The van der Waals surface area contributed by atoms with Gasteiger partial charge in [0.1, 0.15) is 17.3 Å². The average Bonchev–Trinajstić information content (AvgIpc) is 2.78. The largest absolute Gasteiger partial charge is 0.494 e. The third kappa shape index (κ3) is 5.59. The SMILES string of the molecule is COc1cnc(C(F)F)cc1-c1cc(-n2ccc(C)cc2=O)ncc1C(=O)N=C(N)SC.N.[HH]. The van der Waals surface area contributed by atoms with Crippen molar-refractivity contribution < 1.29 is 19.7 Å². The van der Waals surface area contributed by atoms with Crippen molar-refractivity contribution in [2.75, 3.05) is 13.4 Å². The lowest BCUT2D eigenvalue weighted by Gasteiger charge is -2.14. The number of carbonyl (C=O) groups excluding carboxylic acids is 1. The molecule has 0 aliphatic rings. The van der Waals surface area contributed by atoms with Crippen LogP contribution >= 0.6 is 11.8 Å². The van der Waals surface area contributed by atoms with E-state index < -0.39 is 18.0 Å². The monoisotopic (exact) mass is 478 g/mol. The third-order valence-corrected chi connectivity index (χ3v) is 4.99. The summed E-state index contributed by atoms with van der Waals surface area (Å²) in [5.74, 6) is -0.390. The normalized spacial score (nSPS) is 11.3. The number of halogens is 2. The molecular formula is C21H24F2N6O3S. The van der Waals surface area contributed by atoms with Crippen molar-refractivity contribution in [2.24, 2.45) is 10.7 Å². The summed E-state index contributed by atoms with van der Waals surface area (Å²) in [4.78, 5) is 36.9. The average molecular weight is 479 g/mol. The molecule has 0 unspecified atom stereocenters. The van der Waals surface area contributed by atoms with E-state index in [1.54, 1.807) is 19.2 Å². The van der Waals surface area contributed by atoms with Gasteiger partial charge in [-0.05, 0) is 36.9 Å². The highest BCUT2D eigenvalue weighted by atomic mass is 32.2. The minimum absolute atomic E-state index is 0. The highest BCUT2D eigenvalue weighted by Crippen LogP contribution is 2.35. The van der Waals surface area contributed by atoms with Gasteiger partial charge in [-0.2, -0.15) is 4.99 Å². The fourth-order valence-electron chi connectivity index (χ4n) is 2.89. The maximum absolute atomic E-state index is 13.3. The summed E-state index contributed by atoms with van der Waals surface area (Å²) in [6, 6.07) is 5.69. The van der Waals surface area contributed by atoms with Crippen LogP contribution in [0, 0.1) is 6.92 Å². The molecule has 0 saturated heterocycles. The molecule has 0 fully saturated rings. The number of thioether (sulfide) groups is 1. The highest BCUT2D eigenvalue weighted by molar-refractivity contribution is 8.13. The Labute approximate surface area is 193 Å². The van der Waals surface area contributed by atoms with Crippen molar-refractivity contribution >= 4 is 22.8 Å². The molecule has 3 rings (SSSR count). The number of nitrogens with zero attached hydrogens (tertiary/aromatic N) is 4. The molecule has 176 valence electrons. The first-order chi connectivity index (χ1) is 15.2. The standard InChI is InChI=1S/C21H19F2N5O3S.H3N.H2/c1-11-4-5-28(18(29)6-11)17-8-12(14(9-26-17)20(30)27-21(24)32-3)13-7-15(19(22)23)25-10-16(13)31-2;;/h4-10,19H,1-3H3,(H2,24,27,30);1H3;1H. The van der Waals surface area contributed by atoms with Crippen LogP contribution in [0.2, 0.25) is 0 Å². The van der Waals surface area contributed by atoms with Crippen LogP contribution < -0.4 is 22.2 Å². The minimum atomic E-state index is -2.84. The van der Waals surface area contributed by atoms with Gasteiger partial charge in [-0.25, -0.2) is 13.8 Å². The number of aromatic nitrogens is 3. The van der Waals surface area contributed by atoms with E-state index in [4.69, 9.17) is 10.5 Å². The van der Waals surface area contributed by atoms with Gasteiger partial charge in [0.25, 0.3) is 17.9 Å². The Morgan fingerprint density at radius 1 is 1.24 bits per heavy atom. The first-order valence-corrected chi connectivity index (χ1v) is 10.4. The van der Waals surface area contributed by atoms with Gasteiger partial charge < -0.3 is 16.6 Å². The maximum Gasteiger partial charge on any atom is 0.281 e. The number of amides is 1. The molecule has 0 bridgehead atoms. The zero-order valence-electron chi connectivity index (χ0n) is 18.1. The summed E-state index contributed by atoms with van der Waals surface area (Å²) < 4.78 is 33.2. The molecule has 0 aliphatic heterocycles. The van der Waals surface area contributed by atoms with E-state index in [1.807, 2.05) is 0 Å². The lowest BCUT2D eigenvalue weighted by Crippen LogP contribution is -2.18. The van der Waals surface area contributed by atoms with E-state index in [0.29, 0.717) is 0 Å². The number of amidine groups is 1. The molecule has 33 heavy (non-hydrogen) atoms. The fourth-order valence-corrected chi connectivity index (χ4v) is 3.07. The Bertz CT molecular complexity index is 1270. The Morgan fingerprint density at radius 2 is 1.97 bits per heavy atom. The van der Waals surface area contributed by atoms with Crippen LogP contribution in [-0.2, 0) is 0 Å². The molecule has 5 N–H and O–H groups in total. The van der Waals surface area contributed by atoms with Crippen LogP contribution in [0.3, 0.4) is 0 Å². The summed E-state index contributed by atoms with van der Waals surface area (Å²) in [5.41, 5.74) is 5.93. The Kier molecular flexibility index (Phi) is 8.38. The van der Waals surface area contributed by atoms with Gasteiger partial charge >= 0.3 is 0 Å². The van der Waals surface area contributed by atoms with Crippen molar-refractivity contribution in [3.63, 3.8) is 0 Å². The lowest BCUT2D eigenvalue weighted by atomic mass is 10.00. The number of rotatable bonds is 5. The Hall–Kier alpha value is -3.64. The van der Waals surface area contributed by atoms with Gasteiger partial charge in [0.2, 0.25) is 0 Å². The van der Waals surface area contributed by atoms with E-state index in [-0.39, 0.29) is 46.6 Å². The summed E-state index contributed by atoms with van der Waals surface area (Å²) in [5, 5.41) is 0.0229. The zero-order chi connectivity index (χ0) is 23.4. The van der Waals surface area contributed by atoms with E-state index >= 15 is 0 Å². The number of aliphatic imine (C=N–C) groups is 1. The van der Waals surface area contributed by atoms with Crippen LogP contribution in [0.5, 0.6) is 5.75 Å². The molecule has 0 aliphatic carbocycles. The van der Waals surface area contributed by atoms with Gasteiger partial charge in [-0.1, -0.05) is 11.8 Å². The van der Waals surface area contributed by atoms with Crippen molar-refractivity contribution in [3.8, 4) is 22.7 Å². The number of carbonyl (C=O) groups is 1. The predicted octanol–water partition coefficient (Wildman–Crippen LogP) is 3.78. The van der Waals surface area contributed by atoms with Crippen LogP contribution in [-0.4, -0.2) is 39.0 Å². The van der Waals surface area contributed by atoms with Crippen molar-refractivity contribution in [1.82, 2.24) is 20.7 Å². The Balaban J connectivity index is 0.00000289. The summed E-state index contributed by atoms with van der Waals surface area (Å²) in [7, 11) is 1.35. The first-order valence-electron chi connectivity index (χ1n) is 9.19. The molecule has 9 nitrogen and oxygen atoms in total. The number of methoxy groups -OCH3 is 1. The van der Waals surface area contributed by atoms with Crippen molar-refractivity contribution in [1.29, 1.82) is 0 Å². The number of aryl methyl sites for hydroxylation is 1. The van der Waals surface area contributed by atoms with E-state index in [1.165, 1.54) is 36.2 Å². The minimum Gasteiger partial charge on any atom is -0.494 e. The zero-order valence-corrected chi connectivity index (χ0v) is 18.9. The molecule has 0 spiro atoms. The molecule has 0 saturated carbocycles. The molecule has 0 aromatic carbocycles. The van der Waals surface area contributed by atoms with Gasteiger partial charge in [0, 0.05) is 31.0 Å². The topological polar surface area (TPSA) is 147 Å². The third-order valence-electron chi connectivity index (χ3n) is 4.48. The molecular weight excluding hydrogens is 454 g/mol. The van der Waals surface area contributed by atoms with Gasteiger partial charge in [0.05, 0.1) is 18.9 Å². The van der Waals surface area contributed by atoms with Gasteiger partial charge in [-0.3, -0.25) is 19.1 Å². The van der Waals surface area contributed by atoms with Crippen LogP contribution in [0.1, 0.15) is 29.5 Å². The van der Waals surface area contributed by atoms with E-state index in [0.717, 1.165) is 29.6 Å². The molecule has 3 aromatic heterocycles. The second kappa shape index (κ2) is 10.8. The highest BCUT2D eigenvalue weighted by Gasteiger charge is 2.21. The van der Waals surface area contributed by atoms with Gasteiger partial charge in [-0.15, -0.1) is 0 Å². The van der Waals surface area contributed by atoms with Crippen LogP contribution in [0.4, 0.5) is 8.78 Å². The van der Waals surface area contributed by atoms with E-state index in [2.05, 4.69) is 15.0 Å². The molecule has 0 atom stereocenters. The van der Waals surface area contributed by atoms with E-state index in [9.17, 15) is 18.4 Å². The summed E-state index contributed by atoms with van der Waals surface area (Å²) in [6.45, 7) is 1.77. The number of nitrogens with two attached hydrogens (primary N) is 1. The second-order valence-electron chi connectivity index (χ2n) is 6.57. The van der Waals surface area contributed by atoms with Crippen LogP contribution in [0.15, 0.2) is 52.6 Å². The van der Waals surface area contributed by atoms with Gasteiger partial charge in [0.15, 0.2) is 5.17 Å².